The van der Waals surface area contributed by atoms with Crippen molar-refractivity contribution in [2.45, 2.75) is 19.9 Å². The van der Waals surface area contributed by atoms with Gasteiger partial charge in [0.2, 0.25) is 5.91 Å². The van der Waals surface area contributed by atoms with E-state index in [1.54, 1.807) is 23.5 Å². The van der Waals surface area contributed by atoms with Gasteiger partial charge in [-0.2, -0.15) is 0 Å². The molecular weight excluding hydrogens is 368 g/mol. The number of halogens is 1. The van der Waals surface area contributed by atoms with Crippen molar-refractivity contribution in [3.05, 3.63) is 45.0 Å². The summed E-state index contributed by atoms with van der Waals surface area (Å²) in [6.07, 6.45) is 0. The Labute approximate surface area is 141 Å². The van der Waals surface area contributed by atoms with Gasteiger partial charge in [0.15, 0.2) is 10.4 Å². The molecule has 2 amide bonds. The molecule has 2 rings (SSSR count). The van der Waals surface area contributed by atoms with Crippen LogP contribution in [0.4, 0.5) is 0 Å². The Morgan fingerprint density at radius 2 is 2.09 bits per heavy atom. The average molecular weight is 385 g/mol. The van der Waals surface area contributed by atoms with Gasteiger partial charge in [0.25, 0.3) is 5.91 Å². The largest absolute Gasteiger partial charge is 0.444 e. The molecular formula is C15H17BrN2O3S. The first-order valence-electron chi connectivity index (χ1n) is 6.83. The first-order chi connectivity index (χ1) is 10.5. The van der Waals surface area contributed by atoms with Gasteiger partial charge in [-0.25, -0.2) is 0 Å². The van der Waals surface area contributed by atoms with Crippen molar-refractivity contribution in [3.8, 4) is 0 Å². The molecule has 0 unspecified atom stereocenters. The molecule has 0 bridgehead atoms. The molecule has 0 radical (unpaired) electrons. The summed E-state index contributed by atoms with van der Waals surface area (Å²) in [4.78, 5) is 24.9. The number of carbonyl (C=O) groups excluding carboxylic acids is 2. The van der Waals surface area contributed by atoms with E-state index in [1.165, 1.54) is 0 Å². The second-order valence-electron chi connectivity index (χ2n) is 5.09. The first kappa shape index (κ1) is 16.8. The summed E-state index contributed by atoms with van der Waals surface area (Å²) in [5.74, 6) is -0.221. The molecule has 0 fully saturated rings. The van der Waals surface area contributed by atoms with Gasteiger partial charge in [-0.1, -0.05) is 19.9 Å². The maximum absolute atomic E-state index is 12.0. The summed E-state index contributed by atoms with van der Waals surface area (Å²) < 4.78 is 5.60. The maximum atomic E-state index is 12.0. The highest BCUT2D eigenvalue weighted by Gasteiger charge is 2.20. The third-order valence-corrected chi connectivity index (χ3v) is 4.42. The number of carbonyl (C=O) groups is 2. The predicted octanol–water partition coefficient (Wildman–Crippen LogP) is 3.35. The average Bonchev–Trinajstić information content (AvgIpc) is 3.13. The molecule has 2 N–H and O–H groups in total. The van der Waals surface area contributed by atoms with Gasteiger partial charge in [0, 0.05) is 4.88 Å². The van der Waals surface area contributed by atoms with Crippen LogP contribution in [0.25, 0.3) is 0 Å². The fraction of sp³-hybridized carbons (Fsp3) is 0.333. The molecule has 0 spiro atoms. The number of hydrogen-bond donors (Lipinski definition) is 2. The van der Waals surface area contributed by atoms with Crippen LogP contribution in [0.5, 0.6) is 0 Å². The number of hydrogen-bond acceptors (Lipinski definition) is 4. The van der Waals surface area contributed by atoms with Crippen LogP contribution < -0.4 is 10.6 Å². The normalized spacial score (nSPS) is 12.2. The van der Waals surface area contributed by atoms with Crippen LogP contribution in [0, 0.1) is 5.92 Å². The highest BCUT2D eigenvalue weighted by atomic mass is 79.9. The predicted molar refractivity (Wildman–Crippen MR) is 88.8 cm³/mol. The molecule has 0 saturated carbocycles. The zero-order valence-electron chi connectivity index (χ0n) is 12.3. The molecule has 0 aliphatic carbocycles. The van der Waals surface area contributed by atoms with Crippen molar-refractivity contribution >= 4 is 39.1 Å². The molecule has 0 aliphatic rings. The monoisotopic (exact) mass is 384 g/mol. The Hall–Kier alpha value is -1.60. The van der Waals surface area contributed by atoms with Gasteiger partial charge >= 0.3 is 0 Å². The van der Waals surface area contributed by atoms with E-state index in [4.69, 9.17) is 4.42 Å². The van der Waals surface area contributed by atoms with Crippen LogP contribution in [0.2, 0.25) is 0 Å². The lowest BCUT2D eigenvalue weighted by molar-refractivity contribution is -0.121. The lowest BCUT2D eigenvalue weighted by atomic mass is 10.0. The number of thiophene rings is 1. The van der Waals surface area contributed by atoms with E-state index in [0.717, 1.165) is 4.88 Å². The van der Waals surface area contributed by atoms with E-state index in [2.05, 4.69) is 26.6 Å². The van der Waals surface area contributed by atoms with Crippen molar-refractivity contribution in [1.29, 1.82) is 0 Å². The van der Waals surface area contributed by atoms with Crippen LogP contribution in [0.3, 0.4) is 0 Å². The zero-order chi connectivity index (χ0) is 16.1. The van der Waals surface area contributed by atoms with E-state index in [1.807, 2.05) is 31.4 Å². The summed E-state index contributed by atoms with van der Waals surface area (Å²) in [6.45, 7) is 4.00. The van der Waals surface area contributed by atoms with Gasteiger partial charge < -0.3 is 15.1 Å². The van der Waals surface area contributed by atoms with Crippen LogP contribution in [0.15, 0.2) is 38.7 Å². The third-order valence-electron chi connectivity index (χ3n) is 3.04. The summed E-state index contributed by atoms with van der Waals surface area (Å²) in [5, 5.41) is 7.47. The number of rotatable bonds is 6. The van der Waals surface area contributed by atoms with Crippen molar-refractivity contribution in [2.24, 2.45) is 5.92 Å². The minimum absolute atomic E-state index is 0.0536. The van der Waals surface area contributed by atoms with Crippen molar-refractivity contribution < 1.29 is 14.0 Å². The van der Waals surface area contributed by atoms with Crippen molar-refractivity contribution in [3.63, 3.8) is 0 Å². The van der Waals surface area contributed by atoms with Gasteiger partial charge in [-0.3, -0.25) is 9.59 Å². The summed E-state index contributed by atoms with van der Waals surface area (Å²) in [6, 6.07) is 7.06. The summed E-state index contributed by atoms with van der Waals surface area (Å²) in [7, 11) is 0. The van der Waals surface area contributed by atoms with Gasteiger partial charge in [-0.05, 0) is 45.4 Å². The fourth-order valence-electron chi connectivity index (χ4n) is 1.94. The van der Waals surface area contributed by atoms with Crippen LogP contribution >= 0.6 is 27.3 Å². The molecule has 2 heterocycles. The van der Waals surface area contributed by atoms with E-state index in [0.29, 0.717) is 4.67 Å². The molecule has 2 aromatic rings. The molecule has 2 aromatic heterocycles. The minimum Gasteiger partial charge on any atom is -0.444 e. The Kier molecular flexibility index (Phi) is 5.79. The maximum Gasteiger partial charge on any atom is 0.287 e. The standard InChI is InChI=1S/C15H17BrN2O3S/c1-9(2)14(11-4-3-7-22-11)18-13(19)8-17-15(20)10-5-6-12(16)21-10/h3-7,9,14H,8H2,1-2H3,(H,17,20)(H,18,19)/t14-/m0/s1. The summed E-state index contributed by atoms with van der Waals surface area (Å²) in [5.41, 5.74) is 0. The van der Waals surface area contributed by atoms with E-state index in [-0.39, 0.29) is 30.2 Å². The third kappa shape index (κ3) is 4.45. The van der Waals surface area contributed by atoms with Crippen molar-refractivity contribution in [2.75, 3.05) is 6.54 Å². The Morgan fingerprint density at radius 3 is 2.64 bits per heavy atom. The zero-order valence-corrected chi connectivity index (χ0v) is 14.7. The Morgan fingerprint density at radius 1 is 1.32 bits per heavy atom. The molecule has 1 atom stereocenters. The lowest BCUT2D eigenvalue weighted by Gasteiger charge is -2.21. The lowest BCUT2D eigenvalue weighted by Crippen LogP contribution is -2.39. The molecule has 0 aromatic carbocycles. The number of nitrogens with one attached hydrogen (secondary N) is 2. The Balaban J connectivity index is 1.88. The number of furan rings is 1. The van der Waals surface area contributed by atoms with E-state index < -0.39 is 5.91 Å². The highest BCUT2D eigenvalue weighted by molar-refractivity contribution is 9.10. The van der Waals surface area contributed by atoms with Crippen LogP contribution in [0.1, 0.15) is 35.3 Å². The van der Waals surface area contributed by atoms with Crippen LogP contribution in [-0.2, 0) is 4.79 Å². The second-order valence-corrected chi connectivity index (χ2v) is 6.85. The van der Waals surface area contributed by atoms with Gasteiger partial charge in [-0.15, -0.1) is 11.3 Å². The SMILES string of the molecule is CC(C)[C@H](NC(=O)CNC(=O)c1ccc(Br)o1)c1cccs1. The van der Waals surface area contributed by atoms with E-state index in [9.17, 15) is 9.59 Å². The van der Waals surface area contributed by atoms with Gasteiger partial charge in [0.05, 0.1) is 12.6 Å². The molecule has 7 heteroatoms. The Bertz CT molecular complexity index is 637. The van der Waals surface area contributed by atoms with Crippen molar-refractivity contribution in [1.82, 2.24) is 10.6 Å². The smallest absolute Gasteiger partial charge is 0.287 e. The van der Waals surface area contributed by atoms with E-state index >= 15 is 0 Å². The molecule has 118 valence electrons. The quantitative estimate of drug-likeness (QED) is 0.801. The van der Waals surface area contributed by atoms with Gasteiger partial charge in [0.1, 0.15) is 0 Å². The highest BCUT2D eigenvalue weighted by Crippen LogP contribution is 2.25. The molecule has 0 saturated heterocycles. The molecule has 22 heavy (non-hydrogen) atoms. The first-order valence-corrected chi connectivity index (χ1v) is 8.51. The summed E-state index contributed by atoms with van der Waals surface area (Å²) >= 11 is 4.73. The number of amides is 2. The molecule has 0 aliphatic heterocycles. The second kappa shape index (κ2) is 7.60. The minimum atomic E-state index is -0.418. The van der Waals surface area contributed by atoms with Crippen LogP contribution in [-0.4, -0.2) is 18.4 Å². The topological polar surface area (TPSA) is 71.3 Å². The molecule has 5 nitrogen and oxygen atoms in total. The fourth-order valence-corrected chi connectivity index (χ4v) is 3.20.